The van der Waals surface area contributed by atoms with Crippen LogP contribution in [-0.2, 0) is 24.3 Å². The molecule has 0 aliphatic carbocycles. The van der Waals surface area contributed by atoms with E-state index in [0.717, 1.165) is 24.6 Å². The van der Waals surface area contributed by atoms with Crippen molar-refractivity contribution in [1.82, 2.24) is 14.5 Å². The van der Waals surface area contributed by atoms with Gasteiger partial charge in [0.25, 0.3) is 6.43 Å². The third kappa shape index (κ3) is 5.98. The fourth-order valence-electron chi connectivity index (χ4n) is 4.97. The standard InChI is InChI=1S/C32H24F5N3O4/c33-23-10-18(26-2-1-3-29(38-26)44-16-20-7-6-19(31(36)37)11-24(20)34)5-4-17(23)14-28-39-30-25(35)12-21(32(41)42)13-27(30)40(28)15-22-8-9-43-22/h1-7,10-13,22,31H,8-9,14-16H2,(H,41,42)/t22-/m0/s1. The monoisotopic (exact) mass is 609 g/mol. The Bertz CT molecular complexity index is 1870. The van der Waals surface area contributed by atoms with Crippen LogP contribution in [0.5, 0.6) is 5.88 Å². The zero-order chi connectivity index (χ0) is 31.0. The minimum Gasteiger partial charge on any atom is -0.478 e. The lowest BCUT2D eigenvalue weighted by Crippen LogP contribution is -2.31. The van der Waals surface area contributed by atoms with E-state index in [9.17, 15) is 27.5 Å². The number of alkyl halides is 2. The van der Waals surface area contributed by atoms with Gasteiger partial charge in [-0.15, -0.1) is 0 Å². The molecule has 0 unspecified atom stereocenters. The molecule has 1 aliphatic rings. The van der Waals surface area contributed by atoms with Crippen LogP contribution in [0.3, 0.4) is 0 Å². The smallest absolute Gasteiger partial charge is 0.335 e. The van der Waals surface area contributed by atoms with Gasteiger partial charge in [-0.25, -0.2) is 36.7 Å². The Morgan fingerprint density at radius 3 is 2.43 bits per heavy atom. The molecule has 226 valence electrons. The molecule has 0 radical (unpaired) electrons. The topological polar surface area (TPSA) is 86.5 Å². The zero-order valence-electron chi connectivity index (χ0n) is 22.9. The molecular formula is C32H24F5N3O4. The van der Waals surface area contributed by atoms with Gasteiger partial charge < -0.3 is 19.1 Å². The van der Waals surface area contributed by atoms with Crippen LogP contribution in [0.4, 0.5) is 22.0 Å². The summed E-state index contributed by atoms with van der Waals surface area (Å²) in [6.45, 7) is 0.647. The number of aromatic carboxylic acids is 1. The molecule has 1 fully saturated rings. The van der Waals surface area contributed by atoms with Crippen molar-refractivity contribution in [1.29, 1.82) is 0 Å². The van der Waals surface area contributed by atoms with Gasteiger partial charge >= 0.3 is 5.97 Å². The van der Waals surface area contributed by atoms with E-state index in [1.807, 2.05) is 0 Å². The molecule has 0 spiro atoms. The first-order chi connectivity index (χ1) is 21.2. The fourth-order valence-corrected chi connectivity index (χ4v) is 4.97. The highest BCUT2D eigenvalue weighted by atomic mass is 19.3. The summed E-state index contributed by atoms with van der Waals surface area (Å²) in [5, 5.41) is 9.41. The Kier molecular flexibility index (Phi) is 8.00. The Morgan fingerprint density at radius 1 is 0.977 bits per heavy atom. The largest absolute Gasteiger partial charge is 0.478 e. The van der Waals surface area contributed by atoms with E-state index < -0.39 is 35.4 Å². The number of benzene rings is 3. The van der Waals surface area contributed by atoms with Crippen molar-refractivity contribution in [3.05, 3.63) is 112 Å². The lowest BCUT2D eigenvalue weighted by atomic mass is 10.1. The minimum atomic E-state index is -2.79. The number of halogens is 5. The molecule has 1 N–H and O–H groups in total. The van der Waals surface area contributed by atoms with Crippen LogP contribution in [-0.4, -0.2) is 38.3 Å². The van der Waals surface area contributed by atoms with E-state index in [1.54, 1.807) is 28.8 Å². The van der Waals surface area contributed by atoms with Crippen LogP contribution >= 0.6 is 0 Å². The number of hydrogen-bond donors (Lipinski definition) is 1. The number of hydrogen-bond acceptors (Lipinski definition) is 5. The number of ether oxygens (including phenoxy) is 2. The SMILES string of the molecule is O=C(O)c1cc(F)c2nc(Cc3ccc(-c4cccc(OCc5ccc(C(F)F)cc5F)n4)cc3F)n(C[C@@H]3CCO3)c2c1. The van der Waals surface area contributed by atoms with Crippen molar-refractivity contribution >= 4 is 17.0 Å². The molecule has 3 heterocycles. The average Bonchev–Trinajstić information content (AvgIpc) is 3.32. The summed E-state index contributed by atoms with van der Waals surface area (Å²) in [5.41, 5.74) is 0.779. The molecule has 44 heavy (non-hydrogen) atoms. The van der Waals surface area contributed by atoms with Gasteiger partial charge in [0.15, 0.2) is 5.82 Å². The third-order valence-electron chi connectivity index (χ3n) is 7.44. The number of carbonyl (C=O) groups is 1. The summed E-state index contributed by atoms with van der Waals surface area (Å²) >= 11 is 0. The number of rotatable bonds is 10. The van der Waals surface area contributed by atoms with Crippen molar-refractivity contribution in [2.45, 2.75) is 38.5 Å². The third-order valence-corrected chi connectivity index (χ3v) is 7.44. The van der Waals surface area contributed by atoms with E-state index in [0.29, 0.717) is 30.2 Å². The van der Waals surface area contributed by atoms with Gasteiger partial charge in [0.05, 0.1) is 29.4 Å². The van der Waals surface area contributed by atoms with Crippen LogP contribution in [0.2, 0.25) is 0 Å². The molecule has 12 heteroatoms. The van der Waals surface area contributed by atoms with Gasteiger partial charge in [0.2, 0.25) is 5.88 Å². The predicted octanol–water partition coefficient (Wildman–Crippen LogP) is 7.11. The highest BCUT2D eigenvalue weighted by Crippen LogP contribution is 2.29. The van der Waals surface area contributed by atoms with Gasteiger partial charge in [-0.05, 0) is 42.3 Å². The van der Waals surface area contributed by atoms with Crippen LogP contribution in [0, 0.1) is 17.5 Å². The molecule has 1 atom stereocenters. The Balaban J connectivity index is 1.23. The van der Waals surface area contributed by atoms with Gasteiger partial charge in [0, 0.05) is 35.8 Å². The average molecular weight is 610 g/mol. The summed E-state index contributed by atoms with van der Waals surface area (Å²) in [6.07, 6.45) is -2.16. The molecule has 1 aliphatic heterocycles. The zero-order valence-corrected chi connectivity index (χ0v) is 22.9. The van der Waals surface area contributed by atoms with Gasteiger partial charge in [0.1, 0.15) is 29.6 Å². The lowest BCUT2D eigenvalue weighted by molar-refractivity contribution is -0.0589. The number of fused-ring (bicyclic) bond motifs is 1. The Morgan fingerprint density at radius 2 is 1.75 bits per heavy atom. The highest BCUT2D eigenvalue weighted by molar-refractivity contribution is 5.92. The van der Waals surface area contributed by atoms with E-state index in [1.165, 1.54) is 24.3 Å². The second kappa shape index (κ2) is 12.0. The van der Waals surface area contributed by atoms with Crippen molar-refractivity contribution in [2.75, 3.05) is 6.61 Å². The van der Waals surface area contributed by atoms with E-state index in [2.05, 4.69) is 9.97 Å². The summed E-state index contributed by atoms with van der Waals surface area (Å²) in [4.78, 5) is 20.3. The molecule has 1 saturated heterocycles. The van der Waals surface area contributed by atoms with Crippen LogP contribution in [0.25, 0.3) is 22.3 Å². The molecular weight excluding hydrogens is 585 g/mol. The number of aromatic nitrogens is 3. The van der Waals surface area contributed by atoms with Crippen LogP contribution in [0.15, 0.2) is 66.7 Å². The molecule has 0 saturated carbocycles. The number of carboxylic acids is 1. The van der Waals surface area contributed by atoms with Crippen molar-refractivity contribution in [3.63, 3.8) is 0 Å². The normalized spacial score (nSPS) is 14.6. The summed E-state index contributed by atoms with van der Waals surface area (Å²) in [5.74, 6) is -2.98. The van der Waals surface area contributed by atoms with Crippen LogP contribution < -0.4 is 4.74 Å². The van der Waals surface area contributed by atoms with Crippen LogP contribution in [0.1, 0.15) is 45.7 Å². The fraction of sp³-hybridized carbons (Fsp3) is 0.219. The van der Waals surface area contributed by atoms with Gasteiger partial charge in [-0.3, -0.25) is 0 Å². The van der Waals surface area contributed by atoms with E-state index >= 15 is 4.39 Å². The summed E-state index contributed by atoms with van der Waals surface area (Å²) < 4.78 is 82.8. The first kappa shape index (κ1) is 29.2. The molecule has 3 aromatic carbocycles. The maximum Gasteiger partial charge on any atom is 0.335 e. The molecule has 6 rings (SSSR count). The predicted molar refractivity (Wildman–Crippen MR) is 149 cm³/mol. The maximum atomic E-state index is 15.4. The number of carboxylic acid groups (broad SMARTS) is 1. The number of pyridine rings is 1. The van der Waals surface area contributed by atoms with Gasteiger partial charge in [-0.1, -0.05) is 30.3 Å². The second-order valence-electron chi connectivity index (χ2n) is 10.3. The molecule has 0 bridgehead atoms. The van der Waals surface area contributed by atoms with E-state index in [-0.39, 0.29) is 52.7 Å². The summed E-state index contributed by atoms with van der Waals surface area (Å²) in [7, 11) is 0. The first-order valence-corrected chi connectivity index (χ1v) is 13.6. The molecule has 2 aromatic heterocycles. The van der Waals surface area contributed by atoms with E-state index in [4.69, 9.17) is 9.47 Å². The summed E-state index contributed by atoms with van der Waals surface area (Å²) in [6, 6.07) is 14.7. The second-order valence-corrected chi connectivity index (χ2v) is 10.3. The highest BCUT2D eigenvalue weighted by Gasteiger charge is 2.24. The van der Waals surface area contributed by atoms with Crippen molar-refractivity contribution in [2.24, 2.45) is 0 Å². The minimum absolute atomic E-state index is 0.00184. The molecule has 5 aromatic rings. The van der Waals surface area contributed by atoms with Crippen molar-refractivity contribution < 1.29 is 41.3 Å². The number of nitrogens with zero attached hydrogens (tertiary/aromatic N) is 3. The maximum absolute atomic E-state index is 15.4. The molecule has 7 nitrogen and oxygen atoms in total. The Hall–Kier alpha value is -4.84. The Labute approximate surface area is 247 Å². The first-order valence-electron chi connectivity index (χ1n) is 13.6. The molecule has 0 amide bonds. The number of imidazole rings is 1. The van der Waals surface area contributed by atoms with Gasteiger partial charge in [-0.2, -0.15) is 0 Å². The van der Waals surface area contributed by atoms with Crippen molar-refractivity contribution in [3.8, 4) is 17.1 Å². The lowest BCUT2D eigenvalue weighted by Gasteiger charge is -2.27. The quantitative estimate of drug-likeness (QED) is 0.170.